The number of rotatable bonds is 1. The van der Waals surface area contributed by atoms with Gasteiger partial charge in [0.25, 0.3) is 0 Å². The van der Waals surface area contributed by atoms with Gasteiger partial charge in [-0.3, -0.25) is 0 Å². The van der Waals surface area contributed by atoms with E-state index in [0.717, 1.165) is 16.7 Å². The fourth-order valence-corrected chi connectivity index (χ4v) is 2.22. The lowest BCUT2D eigenvalue weighted by Gasteiger charge is -2.31. The van der Waals surface area contributed by atoms with Crippen molar-refractivity contribution in [1.29, 1.82) is 0 Å². The Morgan fingerprint density at radius 2 is 1.81 bits per heavy atom. The smallest absolute Gasteiger partial charge is 0.0943 e. The van der Waals surface area contributed by atoms with Gasteiger partial charge in [-0.05, 0) is 35.8 Å². The Balaban J connectivity index is 2.52. The van der Waals surface area contributed by atoms with Crippen LogP contribution in [0.3, 0.4) is 0 Å². The highest BCUT2D eigenvalue weighted by atomic mass is 35.5. The van der Waals surface area contributed by atoms with Crippen LogP contribution in [-0.2, 0) is 0 Å². The van der Waals surface area contributed by atoms with Gasteiger partial charge in [-0.2, -0.15) is 0 Å². The molecular weight excluding hydrogens is 220 g/mol. The molecule has 0 spiro atoms. The molecule has 0 atom stereocenters. The molecule has 0 saturated heterocycles. The van der Waals surface area contributed by atoms with Crippen LogP contribution in [0.25, 0.3) is 5.57 Å². The van der Waals surface area contributed by atoms with Crippen molar-refractivity contribution in [3.8, 4) is 0 Å². The van der Waals surface area contributed by atoms with E-state index in [4.69, 9.17) is 23.1 Å². The van der Waals surface area contributed by atoms with E-state index in [-0.39, 0.29) is 0 Å². The van der Waals surface area contributed by atoms with Gasteiger partial charge < -0.3 is 11.5 Å². The molecule has 4 N–H and O–H groups in total. The molecule has 1 aromatic rings. The molecule has 0 amide bonds. The van der Waals surface area contributed by atoms with E-state index in [0.29, 0.717) is 11.4 Å². The Morgan fingerprint density at radius 3 is 2.38 bits per heavy atom. The molecule has 0 saturated carbocycles. The quantitative estimate of drug-likeness (QED) is 0.734. The first-order valence-corrected chi connectivity index (χ1v) is 5.60. The molecule has 1 aromatic carbocycles. The molecule has 1 aliphatic carbocycles. The summed E-state index contributed by atoms with van der Waals surface area (Å²) in [5.74, 6) is 0. The summed E-state index contributed by atoms with van der Waals surface area (Å²) in [7, 11) is 0. The van der Waals surface area contributed by atoms with Crippen molar-refractivity contribution in [2.24, 2.45) is 11.5 Å². The molecule has 1 aliphatic rings. The van der Waals surface area contributed by atoms with E-state index in [9.17, 15) is 0 Å². The summed E-state index contributed by atoms with van der Waals surface area (Å²) in [5.41, 5.74) is 14.6. The highest BCUT2D eigenvalue weighted by Gasteiger charge is 2.28. The van der Waals surface area contributed by atoms with Crippen LogP contribution in [0.15, 0.2) is 42.0 Å². The maximum atomic E-state index is 6.12. The van der Waals surface area contributed by atoms with E-state index < -0.39 is 5.66 Å². The summed E-state index contributed by atoms with van der Waals surface area (Å²) in [5, 5.41) is 0.716. The average Bonchev–Trinajstić information content (AvgIpc) is 2.19. The number of hydrogen-bond acceptors (Lipinski definition) is 2. The molecule has 0 unspecified atom stereocenters. The third kappa shape index (κ3) is 2.05. The number of hydrogen-bond donors (Lipinski definition) is 2. The summed E-state index contributed by atoms with van der Waals surface area (Å²) in [4.78, 5) is 0. The lowest BCUT2D eigenvalue weighted by atomic mass is 9.84. The van der Waals surface area contributed by atoms with Crippen molar-refractivity contribution in [1.82, 2.24) is 0 Å². The molecule has 0 bridgehead atoms. The van der Waals surface area contributed by atoms with Crippen LogP contribution in [0.4, 0.5) is 0 Å². The molecule has 16 heavy (non-hydrogen) atoms. The molecular formula is C13H15ClN2. The Hall–Kier alpha value is -1.09. The van der Waals surface area contributed by atoms with Gasteiger partial charge in [-0.1, -0.05) is 35.9 Å². The maximum absolute atomic E-state index is 6.12. The molecule has 0 radical (unpaired) electrons. The first-order valence-electron chi connectivity index (χ1n) is 5.22. The zero-order valence-electron chi connectivity index (χ0n) is 9.20. The highest BCUT2D eigenvalue weighted by molar-refractivity contribution is 6.30. The summed E-state index contributed by atoms with van der Waals surface area (Å²) in [6.07, 6.45) is 4.72. The minimum absolute atomic E-state index is 0.655. The lowest BCUT2D eigenvalue weighted by molar-refractivity contribution is 0.573. The van der Waals surface area contributed by atoms with Crippen LogP contribution in [0.5, 0.6) is 0 Å². The Kier molecular flexibility index (Phi) is 2.89. The standard InChI is InChI=1S/C13H15ClN2/c1-9-3-2-8-13(15,16)12(9)10-4-6-11(14)7-5-10/h2-7H,8,15-16H2,1H3. The SMILES string of the molecule is CC1=C(c2ccc(Cl)cc2)C(N)(N)CC=C1. The summed E-state index contributed by atoms with van der Waals surface area (Å²) >= 11 is 5.87. The predicted molar refractivity (Wildman–Crippen MR) is 68.9 cm³/mol. The van der Waals surface area contributed by atoms with Gasteiger partial charge in [0.1, 0.15) is 0 Å². The second-order valence-corrected chi connectivity index (χ2v) is 4.65. The third-order valence-electron chi connectivity index (χ3n) is 2.82. The van der Waals surface area contributed by atoms with Crippen LogP contribution >= 0.6 is 11.6 Å². The minimum atomic E-state index is -0.785. The first-order chi connectivity index (χ1) is 7.50. The van der Waals surface area contributed by atoms with Gasteiger partial charge in [-0.15, -0.1) is 0 Å². The maximum Gasteiger partial charge on any atom is 0.0943 e. The van der Waals surface area contributed by atoms with Crippen LogP contribution < -0.4 is 11.5 Å². The van der Waals surface area contributed by atoms with Crippen molar-refractivity contribution >= 4 is 17.2 Å². The van der Waals surface area contributed by atoms with Crippen molar-refractivity contribution in [2.45, 2.75) is 19.0 Å². The second-order valence-electron chi connectivity index (χ2n) is 4.21. The largest absolute Gasteiger partial charge is 0.309 e. The zero-order valence-corrected chi connectivity index (χ0v) is 9.96. The average molecular weight is 235 g/mol. The van der Waals surface area contributed by atoms with Gasteiger partial charge in [0.15, 0.2) is 0 Å². The Bertz CT molecular complexity index is 455. The van der Waals surface area contributed by atoms with Crippen LogP contribution in [0.1, 0.15) is 18.9 Å². The topological polar surface area (TPSA) is 52.0 Å². The number of allylic oxidation sites excluding steroid dienone is 2. The van der Waals surface area contributed by atoms with Gasteiger partial charge >= 0.3 is 0 Å². The van der Waals surface area contributed by atoms with E-state index in [1.165, 1.54) is 0 Å². The summed E-state index contributed by atoms with van der Waals surface area (Å²) in [6, 6.07) is 7.61. The van der Waals surface area contributed by atoms with Crippen molar-refractivity contribution in [2.75, 3.05) is 0 Å². The molecule has 84 valence electrons. The van der Waals surface area contributed by atoms with Gasteiger partial charge in [0.05, 0.1) is 5.66 Å². The van der Waals surface area contributed by atoms with Crippen molar-refractivity contribution in [3.63, 3.8) is 0 Å². The summed E-state index contributed by atoms with van der Waals surface area (Å²) < 4.78 is 0. The van der Waals surface area contributed by atoms with Gasteiger partial charge in [0.2, 0.25) is 0 Å². The third-order valence-corrected chi connectivity index (χ3v) is 3.07. The molecule has 0 aromatic heterocycles. The normalized spacial score (nSPS) is 19.0. The molecule has 2 rings (SSSR count). The van der Waals surface area contributed by atoms with E-state index in [1.807, 2.05) is 37.3 Å². The lowest BCUT2D eigenvalue weighted by Crippen LogP contribution is -2.51. The molecule has 0 aliphatic heterocycles. The summed E-state index contributed by atoms with van der Waals surface area (Å²) in [6.45, 7) is 2.02. The number of benzene rings is 1. The molecule has 2 nitrogen and oxygen atoms in total. The Morgan fingerprint density at radius 1 is 1.19 bits per heavy atom. The number of halogens is 1. The van der Waals surface area contributed by atoms with Crippen LogP contribution in [0.2, 0.25) is 5.02 Å². The highest BCUT2D eigenvalue weighted by Crippen LogP contribution is 2.32. The van der Waals surface area contributed by atoms with Gasteiger partial charge in [-0.25, -0.2) is 0 Å². The van der Waals surface area contributed by atoms with E-state index >= 15 is 0 Å². The fraction of sp³-hybridized carbons (Fsp3) is 0.231. The van der Waals surface area contributed by atoms with Crippen LogP contribution in [0, 0.1) is 0 Å². The van der Waals surface area contributed by atoms with Crippen LogP contribution in [-0.4, -0.2) is 5.66 Å². The zero-order chi connectivity index (χ0) is 11.8. The molecule has 0 fully saturated rings. The number of nitrogens with two attached hydrogens (primary N) is 2. The first kappa shape index (κ1) is 11.4. The molecule has 3 heteroatoms. The minimum Gasteiger partial charge on any atom is -0.309 e. The van der Waals surface area contributed by atoms with E-state index in [2.05, 4.69) is 6.08 Å². The predicted octanol–water partition coefficient (Wildman–Crippen LogP) is 2.69. The Labute approximate surface area is 101 Å². The second kappa shape index (κ2) is 4.06. The monoisotopic (exact) mass is 234 g/mol. The van der Waals surface area contributed by atoms with E-state index in [1.54, 1.807) is 0 Å². The van der Waals surface area contributed by atoms with Crippen molar-refractivity contribution < 1.29 is 0 Å². The fourth-order valence-electron chi connectivity index (χ4n) is 2.10. The van der Waals surface area contributed by atoms with Crippen molar-refractivity contribution in [3.05, 3.63) is 52.6 Å². The van der Waals surface area contributed by atoms with Gasteiger partial charge in [0, 0.05) is 11.4 Å². The molecule has 0 heterocycles.